The minimum Gasteiger partial charge on any atom is -0.480 e. The lowest BCUT2D eigenvalue weighted by Crippen LogP contribution is -2.33. The Balaban J connectivity index is 1.97. The standard InChI is InChI=1S/C11H12N2O2S2/c1-7(11(14)15)12-4-9-6-17-10(13-9)8-2-3-16-5-8/h2-3,5-7,12H,4H2,1H3,(H,14,15)/t7-/m0/s1. The molecule has 2 rings (SSSR count). The zero-order valence-electron chi connectivity index (χ0n) is 9.21. The highest BCUT2D eigenvalue weighted by atomic mass is 32.1. The molecule has 4 nitrogen and oxygen atoms in total. The van der Waals surface area contributed by atoms with E-state index in [9.17, 15) is 4.79 Å². The molecule has 2 aromatic heterocycles. The number of hydrogen-bond acceptors (Lipinski definition) is 5. The molecule has 17 heavy (non-hydrogen) atoms. The molecule has 0 amide bonds. The van der Waals surface area contributed by atoms with Gasteiger partial charge in [0.05, 0.1) is 5.69 Å². The number of thiophene rings is 1. The van der Waals surface area contributed by atoms with E-state index in [1.807, 2.05) is 16.8 Å². The highest BCUT2D eigenvalue weighted by Crippen LogP contribution is 2.25. The first-order valence-corrected chi connectivity index (χ1v) is 6.92. The number of thiazole rings is 1. The highest BCUT2D eigenvalue weighted by molar-refractivity contribution is 7.14. The van der Waals surface area contributed by atoms with Crippen molar-refractivity contribution in [2.75, 3.05) is 0 Å². The van der Waals surface area contributed by atoms with E-state index in [0.717, 1.165) is 16.3 Å². The van der Waals surface area contributed by atoms with Crippen LogP contribution in [0.1, 0.15) is 12.6 Å². The van der Waals surface area contributed by atoms with Crippen LogP contribution in [0.2, 0.25) is 0 Å². The third-order valence-electron chi connectivity index (χ3n) is 2.28. The van der Waals surface area contributed by atoms with Gasteiger partial charge in [0.25, 0.3) is 0 Å². The van der Waals surface area contributed by atoms with Gasteiger partial charge in [-0.25, -0.2) is 4.98 Å². The van der Waals surface area contributed by atoms with Crippen LogP contribution in [0, 0.1) is 0 Å². The fourth-order valence-electron chi connectivity index (χ4n) is 1.25. The van der Waals surface area contributed by atoms with Crippen molar-refractivity contribution in [2.45, 2.75) is 19.5 Å². The Kier molecular flexibility index (Phi) is 3.88. The molecular formula is C11H12N2O2S2. The fraction of sp³-hybridized carbons (Fsp3) is 0.273. The van der Waals surface area contributed by atoms with Crippen LogP contribution in [0.15, 0.2) is 22.2 Å². The first kappa shape index (κ1) is 12.2. The summed E-state index contributed by atoms with van der Waals surface area (Å²) >= 11 is 3.21. The van der Waals surface area contributed by atoms with Crippen molar-refractivity contribution < 1.29 is 9.90 Å². The predicted octanol–water partition coefficient (Wildman–Crippen LogP) is 2.43. The van der Waals surface area contributed by atoms with Crippen LogP contribution >= 0.6 is 22.7 Å². The fourth-order valence-corrected chi connectivity index (χ4v) is 2.78. The average molecular weight is 268 g/mol. The van der Waals surface area contributed by atoms with Gasteiger partial charge < -0.3 is 5.11 Å². The Morgan fingerprint density at radius 1 is 1.59 bits per heavy atom. The third-order valence-corrected chi connectivity index (χ3v) is 3.90. The molecular weight excluding hydrogens is 256 g/mol. The Morgan fingerprint density at radius 2 is 2.41 bits per heavy atom. The van der Waals surface area contributed by atoms with Gasteiger partial charge in [0, 0.05) is 22.9 Å². The molecule has 0 saturated carbocycles. The Morgan fingerprint density at radius 3 is 3.06 bits per heavy atom. The molecule has 90 valence electrons. The second kappa shape index (κ2) is 5.39. The monoisotopic (exact) mass is 268 g/mol. The average Bonchev–Trinajstić information content (AvgIpc) is 2.95. The van der Waals surface area contributed by atoms with Gasteiger partial charge in [-0.15, -0.1) is 11.3 Å². The number of aromatic nitrogens is 1. The second-order valence-corrected chi connectivity index (χ2v) is 5.23. The molecule has 6 heteroatoms. The van der Waals surface area contributed by atoms with Crippen LogP contribution in [-0.2, 0) is 11.3 Å². The number of rotatable bonds is 5. The lowest BCUT2D eigenvalue weighted by Gasteiger charge is -2.06. The van der Waals surface area contributed by atoms with Gasteiger partial charge in [0.15, 0.2) is 0 Å². The quantitative estimate of drug-likeness (QED) is 0.874. The van der Waals surface area contributed by atoms with Gasteiger partial charge in [-0.1, -0.05) is 0 Å². The van der Waals surface area contributed by atoms with Crippen molar-refractivity contribution >= 4 is 28.6 Å². The molecule has 0 aliphatic heterocycles. The molecule has 0 fully saturated rings. The van der Waals surface area contributed by atoms with E-state index >= 15 is 0 Å². The summed E-state index contributed by atoms with van der Waals surface area (Å²) in [5, 5.41) is 18.6. The molecule has 0 unspecified atom stereocenters. The van der Waals surface area contributed by atoms with Gasteiger partial charge in [0.1, 0.15) is 11.0 Å². The van der Waals surface area contributed by atoms with Crippen LogP contribution in [0.4, 0.5) is 0 Å². The SMILES string of the molecule is C[C@H](NCc1csc(-c2ccsc2)n1)C(=O)O. The number of carboxylic acids is 1. The summed E-state index contributed by atoms with van der Waals surface area (Å²) in [4.78, 5) is 15.1. The molecule has 1 atom stereocenters. The topological polar surface area (TPSA) is 62.2 Å². The highest BCUT2D eigenvalue weighted by Gasteiger charge is 2.11. The molecule has 0 aromatic carbocycles. The summed E-state index contributed by atoms with van der Waals surface area (Å²) in [5.41, 5.74) is 2.00. The van der Waals surface area contributed by atoms with E-state index in [1.165, 1.54) is 0 Å². The number of nitrogens with zero attached hydrogens (tertiary/aromatic N) is 1. The first-order chi connectivity index (χ1) is 8.16. The maximum absolute atomic E-state index is 10.6. The van der Waals surface area contributed by atoms with E-state index < -0.39 is 12.0 Å². The Hall–Kier alpha value is -1.24. The van der Waals surface area contributed by atoms with Crippen molar-refractivity contribution in [1.29, 1.82) is 0 Å². The van der Waals surface area contributed by atoms with Crippen molar-refractivity contribution in [3.63, 3.8) is 0 Å². The van der Waals surface area contributed by atoms with E-state index in [1.54, 1.807) is 29.6 Å². The lowest BCUT2D eigenvalue weighted by atomic mass is 10.3. The van der Waals surface area contributed by atoms with Crippen molar-refractivity contribution in [3.8, 4) is 10.6 Å². The van der Waals surface area contributed by atoms with Gasteiger partial charge in [-0.05, 0) is 18.4 Å². The number of nitrogens with one attached hydrogen (secondary N) is 1. The number of hydrogen-bond donors (Lipinski definition) is 2. The summed E-state index contributed by atoms with van der Waals surface area (Å²) in [7, 11) is 0. The number of aliphatic carboxylic acids is 1. The first-order valence-electron chi connectivity index (χ1n) is 5.10. The molecule has 0 saturated heterocycles. The zero-order valence-corrected chi connectivity index (χ0v) is 10.8. The van der Waals surface area contributed by atoms with Crippen molar-refractivity contribution in [3.05, 3.63) is 27.9 Å². The Labute approximate surface area is 107 Å². The molecule has 2 heterocycles. The van der Waals surface area contributed by atoms with Crippen molar-refractivity contribution in [1.82, 2.24) is 10.3 Å². The van der Waals surface area contributed by atoms with Crippen LogP contribution in [0.3, 0.4) is 0 Å². The second-order valence-electron chi connectivity index (χ2n) is 3.60. The van der Waals surface area contributed by atoms with Crippen molar-refractivity contribution in [2.24, 2.45) is 0 Å². The van der Waals surface area contributed by atoms with Crippen LogP contribution in [0.5, 0.6) is 0 Å². The van der Waals surface area contributed by atoms with E-state index in [0.29, 0.717) is 6.54 Å². The van der Waals surface area contributed by atoms with Crippen LogP contribution in [0.25, 0.3) is 10.6 Å². The third kappa shape index (κ3) is 3.12. The molecule has 0 radical (unpaired) electrons. The molecule has 0 bridgehead atoms. The minimum atomic E-state index is -0.849. The molecule has 0 aliphatic carbocycles. The summed E-state index contributed by atoms with van der Waals surface area (Å²) in [6.45, 7) is 2.10. The van der Waals surface area contributed by atoms with Gasteiger partial charge >= 0.3 is 5.97 Å². The summed E-state index contributed by atoms with van der Waals surface area (Å²) < 4.78 is 0. The number of carbonyl (C=O) groups is 1. The summed E-state index contributed by atoms with van der Waals surface area (Å²) in [5.74, 6) is -0.849. The normalized spacial score (nSPS) is 12.5. The predicted molar refractivity (Wildman–Crippen MR) is 69.4 cm³/mol. The van der Waals surface area contributed by atoms with Gasteiger partial charge in [-0.3, -0.25) is 10.1 Å². The van der Waals surface area contributed by atoms with Crippen LogP contribution in [-0.4, -0.2) is 22.1 Å². The van der Waals surface area contributed by atoms with E-state index in [4.69, 9.17) is 5.11 Å². The van der Waals surface area contributed by atoms with E-state index in [-0.39, 0.29) is 0 Å². The zero-order chi connectivity index (χ0) is 12.3. The molecule has 2 N–H and O–H groups in total. The van der Waals surface area contributed by atoms with Gasteiger partial charge in [-0.2, -0.15) is 11.3 Å². The summed E-state index contributed by atoms with van der Waals surface area (Å²) in [6, 6.07) is 1.47. The lowest BCUT2D eigenvalue weighted by molar-refractivity contribution is -0.139. The largest absolute Gasteiger partial charge is 0.480 e. The molecule has 2 aromatic rings. The number of carboxylic acid groups (broad SMARTS) is 1. The van der Waals surface area contributed by atoms with Crippen LogP contribution < -0.4 is 5.32 Å². The Bertz CT molecular complexity index is 493. The van der Waals surface area contributed by atoms with E-state index in [2.05, 4.69) is 15.7 Å². The van der Waals surface area contributed by atoms with Gasteiger partial charge in [0.2, 0.25) is 0 Å². The smallest absolute Gasteiger partial charge is 0.320 e. The molecule has 0 aliphatic rings. The maximum Gasteiger partial charge on any atom is 0.320 e. The minimum absolute atomic E-state index is 0.480. The molecule has 0 spiro atoms. The summed E-state index contributed by atoms with van der Waals surface area (Å²) in [6.07, 6.45) is 0. The maximum atomic E-state index is 10.6.